The van der Waals surface area contributed by atoms with Crippen molar-refractivity contribution >= 4 is 5.69 Å². The largest absolute Gasteiger partial charge is 0.396 e. The third-order valence-electron chi connectivity index (χ3n) is 2.45. The molecule has 0 amide bonds. The second-order valence-corrected chi connectivity index (χ2v) is 4.23. The molecule has 3 nitrogen and oxygen atoms in total. The molecule has 0 bridgehead atoms. The van der Waals surface area contributed by atoms with Crippen molar-refractivity contribution in [2.24, 2.45) is 0 Å². The van der Waals surface area contributed by atoms with Crippen LogP contribution in [0.2, 0.25) is 0 Å². The van der Waals surface area contributed by atoms with Crippen molar-refractivity contribution in [1.82, 2.24) is 4.90 Å². The Kier molecular flexibility index (Phi) is 4.71. The quantitative estimate of drug-likeness (QED) is 0.750. The van der Waals surface area contributed by atoms with Gasteiger partial charge in [-0.2, -0.15) is 0 Å². The average Bonchev–Trinajstić information content (AvgIpc) is 2.21. The average molecular weight is 226 g/mol. The van der Waals surface area contributed by atoms with Crippen LogP contribution < -0.4 is 5.73 Å². The first kappa shape index (κ1) is 12.9. The lowest BCUT2D eigenvalue weighted by atomic mass is 10.2. The lowest BCUT2D eigenvalue weighted by Gasteiger charge is -2.17. The van der Waals surface area contributed by atoms with Crippen LogP contribution in [0.4, 0.5) is 10.1 Å². The molecule has 0 fully saturated rings. The molecule has 1 atom stereocenters. The van der Waals surface area contributed by atoms with E-state index in [9.17, 15) is 4.39 Å². The highest BCUT2D eigenvalue weighted by Gasteiger charge is 2.05. The number of hydrogen-bond donors (Lipinski definition) is 2. The van der Waals surface area contributed by atoms with Crippen LogP contribution in [-0.2, 0) is 6.54 Å². The molecule has 0 spiro atoms. The number of nitrogen functional groups attached to an aromatic ring is 1. The molecule has 4 heteroatoms. The molecule has 16 heavy (non-hydrogen) atoms. The van der Waals surface area contributed by atoms with E-state index < -0.39 is 0 Å². The van der Waals surface area contributed by atoms with Crippen LogP contribution in [0, 0.1) is 5.82 Å². The normalized spacial score (nSPS) is 13.1. The molecule has 90 valence electrons. The van der Waals surface area contributed by atoms with E-state index >= 15 is 0 Å². The summed E-state index contributed by atoms with van der Waals surface area (Å²) in [5.74, 6) is -0.374. The summed E-state index contributed by atoms with van der Waals surface area (Å²) in [6.45, 7) is 3.20. The van der Waals surface area contributed by atoms with Crippen LogP contribution in [0.25, 0.3) is 0 Å². The summed E-state index contributed by atoms with van der Waals surface area (Å²) in [4.78, 5) is 2.04. The van der Waals surface area contributed by atoms with Crippen LogP contribution in [0.15, 0.2) is 18.2 Å². The minimum Gasteiger partial charge on any atom is -0.396 e. The summed E-state index contributed by atoms with van der Waals surface area (Å²) in [6.07, 6.45) is 0.416. The van der Waals surface area contributed by atoms with Gasteiger partial charge in [-0.05, 0) is 38.1 Å². The molecule has 0 aliphatic heterocycles. The van der Waals surface area contributed by atoms with Gasteiger partial charge in [0, 0.05) is 13.1 Å². The summed E-state index contributed by atoms with van der Waals surface area (Å²) >= 11 is 0. The molecule has 0 radical (unpaired) electrons. The van der Waals surface area contributed by atoms with E-state index in [-0.39, 0.29) is 17.6 Å². The highest BCUT2D eigenvalue weighted by Crippen LogP contribution is 2.13. The fourth-order valence-corrected chi connectivity index (χ4v) is 1.47. The first-order valence-electron chi connectivity index (χ1n) is 5.39. The molecule has 0 aliphatic rings. The van der Waals surface area contributed by atoms with Crippen molar-refractivity contribution in [3.8, 4) is 0 Å². The van der Waals surface area contributed by atoms with Crippen LogP contribution in [0.3, 0.4) is 0 Å². The van der Waals surface area contributed by atoms with Crippen LogP contribution in [0.5, 0.6) is 0 Å². The van der Waals surface area contributed by atoms with Gasteiger partial charge in [0.05, 0.1) is 11.8 Å². The summed E-state index contributed by atoms with van der Waals surface area (Å²) in [5.41, 5.74) is 6.46. The van der Waals surface area contributed by atoms with Crippen molar-refractivity contribution in [3.63, 3.8) is 0 Å². The van der Waals surface area contributed by atoms with Gasteiger partial charge < -0.3 is 15.7 Å². The van der Waals surface area contributed by atoms with Crippen molar-refractivity contribution in [2.45, 2.75) is 26.0 Å². The number of anilines is 1. The zero-order valence-electron chi connectivity index (χ0n) is 9.78. The van der Waals surface area contributed by atoms with Crippen LogP contribution in [0.1, 0.15) is 18.9 Å². The van der Waals surface area contributed by atoms with Gasteiger partial charge in [0.15, 0.2) is 0 Å². The molecule has 1 unspecified atom stereocenters. The van der Waals surface area contributed by atoms with Crippen LogP contribution >= 0.6 is 0 Å². The van der Waals surface area contributed by atoms with Gasteiger partial charge in [0.25, 0.3) is 0 Å². The topological polar surface area (TPSA) is 49.5 Å². The molecule has 1 rings (SSSR count). The minimum absolute atomic E-state index is 0.176. The Hall–Kier alpha value is -1.13. The Morgan fingerprint density at radius 3 is 2.75 bits per heavy atom. The smallest absolute Gasteiger partial charge is 0.146 e. The first-order chi connectivity index (χ1) is 7.49. The number of aliphatic hydroxyl groups excluding tert-OH is 1. The molecule has 3 N–H and O–H groups in total. The molecule has 0 heterocycles. The first-order valence-corrected chi connectivity index (χ1v) is 5.39. The van der Waals surface area contributed by atoms with E-state index in [0.29, 0.717) is 13.0 Å². The monoisotopic (exact) mass is 226 g/mol. The Bertz CT molecular complexity index is 342. The van der Waals surface area contributed by atoms with E-state index in [1.807, 2.05) is 18.0 Å². The second-order valence-electron chi connectivity index (χ2n) is 4.23. The number of rotatable bonds is 5. The summed E-state index contributed by atoms with van der Waals surface area (Å²) < 4.78 is 13.2. The maximum Gasteiger partial charge on any atom is 0.146 e. The van der Waals surface area contributed by atoms with Crippen molar-refractivity contribution in [1.29, 1.82) is 0 Å². The number of halogens is 1. The predicted molar refractivity (Wildman–Crippen MR) is 63.4 cm³/mol. The van der Waals surface area contributed by atoms with E-state index in [1.165, 1.54) is 6.07 Å². The highest BCUT2D eigenvalue weighted by molar-refractivity contribution is 5.41. The van der Waals surface area contributed by atoms with Gasteiger partial charge in [0.1, 0.15) is 5.82 Å². The maximum atomic E-state index is 13.2. The van der Waals surface area contributed by atoms with Gasteiger partial charge >= 0.3 is 0 Å². The molecule has 0 aromatic heterocycles. The maximum absolute atomic E-state index is 13.2. The van der Waals surface area contributed by atoms with Gasteiger partial charge in [-0.15, -0.1) is 0 Å². The molecule has 1 aromatic rings. The summed E-state index contributed by atoms with van der Waals surface area (Å²) in [6, 6.07) is 4.85. The Morgan fingerprint density at radius 1 is 1.50 bits per heavy atom. The van der Waals surface area contributed by atoms with E-state index in [0.717, 1.165) is 12.1 Å². The number of nitrogens with zero attached hydrogens (tertiary/aromatic N) is 1. The molecule has 0 saturated carbocycles. The third-order valence-corrected chi connectivity index (χ3v) is 2.45. The fourth-order valence-electron chi connectivity index (χ4n) is 1.47. The fraction of sp³-hybridized carbons (Fsp3) is 0.500. The van der Waals surface area contributed by atoms with Gasteiger partial charge in [-0.1, -0.05) is 6.07 Å². The van der Waals surface area contributed by atoms with E-state index in [4.69, 9.17) is 10.8 Å². The van der Waals surface area contributed by atoms with Gasteiger partial charge in [-0.25, -0.2) is 4.39 Å². The zero-order chi connectivity index (χ0) is 12.1. The summed E-state index contributed by atoms with van der Waals surface area (Å²) in [7, 11) is 1.94. The predicted octanol–water partition coefficient (Wildman–Crippen LogP) is 1.61. The summed E-state index contributed by atoms with van der Waals surface area (Å²) in [5, 5.41) is 9.14. The molecule has 1 aromatic carbocycles. The number of benzene rings is 1. The van der Waals surface area contributed by atoms with E-state index in [2.05, 4.69) is 0 Å². The molecule has 0 aliphatic carbocycles. The van der Waals surface area contributed by atoms with E-state index in [1.54, 1.807) is 13.0 Å². The highest BCUT2D eigenvalue weighted by atomic mass is 19.1. The lowest BCUT2D eigenvalue weighted by Crippen LogP contribution is -2.22. The molecule has 0 saturated heterocycles. The SMILES string of the molecule is CC(O)CCN(C)Cc1ccc(N)c(F)c1. The van der Waals surface area contributed by atoms with Crippen molar-refractivity contribution in [3.05, 3.63) is 29.6 Å². The number of hydrogen-bond acceptors (Lipinski definition) is 3. The van der Waals surface area contributed by atoms with Crippen molar-refractivity contribution < 1.29 is 9.50 Å². The lowest BCUT2D eigenvalue weighted by molar-refractivity contribution is 0.163. The minimum atomic E-state index is -0.374. The van der Waals surface area contributed by atoms with Crippen LogP contribution in [-0.4, -0.2) is 29.7 Å². The molecular weight excluding hydrogens is 207 g/mol. The van der Waals surface area contributed by atoms with Crippen molar-refractivity contribution in [2.75, 3.05) is 19.3 Å². The molecular formula is C12H19FN2O. The second kappa shape index (κ2) is 5.82. The standard InChI is InChI=1S/C12H19FN2O/c1-9(16)5-6-15(2)8-10-3-4-12(14)11(13)7-10/h3-4,7,9,16H,5-6,8,14H2,1-2H3. The number of aliphatic hydroxyl groups is 1. The van der Waals surface area contributed by atoms with Gasteiger partial charge in [0.2, 0.25) is 0 Å². The Morgan fingerprint density at radius 2 is 2.19 bits per heavy atom. The Balaban J connectivity index is 2.49. The third kappa shape index (κ3) is 4.16. The Labute approximate surface area is 95.7 Å². The number of nitrogens with two attached hydrogens (primary N) is 1. The van der Waals surface area contributed by atoms with Gasteiger partial charge in [-0.3, -0.25) is 0 Å². The zero-order valence-corrected chi connectivity index (χ0v) is 9.78.